The Morgan fingerprint density at radius 2 is 1.90 bits per heavy atom. The third-order valence-corrected chi connectivity index (χ3v) is 3.43. The van der Waals surface area contributed by atoms with E-state index in [-0.39, 0.29) is 5.97 Å². The Bertz CT molecular complexity index is 345. The van der Waals surface area contributed by atoms with Gasteiger partial charge in [0.1, 0.15) is 0 Å². The van der Waals surface area contributed by atoms with Crippen molar-refractivity contribution in [1.29, 1.82) is 0 Å². The van der Waals surface area contributed by atoms with E-state index in [1.54, 1.807) is 6.08 Å². The summed E-state index contributed by atoms with van der Waals surface area (Å²) in [6.07, 6.45) is 12.0. The Hall–Kier alpha value is -1.05. The monoisotopic (exact) mass is 294 g/mol. The van der Waals surface area contributed by atoms with Crippen molar-refractivity contribution in [3.8, 4) is 0 Å². The van der Waals surface area contributed by atoms with Crippen molar-refractivity contribution in [1.82, 2.24) is 0 Å². The lowest BCUT2D eigenvalue weighted by Gasteiger charge is -2.18. The van der Waals surface area contributed by atoms with Crippen LogP contribution in [0.2, 0.25) is 0 Å². The largest absolute Gasteiger partial charge is 0.463 e. The quantitative estimate of drug-likeness (QED) is 0.236. The summed E-state index contributed by atoms with van der Waals surface area (Å²) in [6, 6.07) is 0. The van der Waals surface area contributed by atoms with E-state index in [0.29, 0.717) is 17.9 Å². The van der Waals surface area contributed by atoms with E-state index in [0.717, 1.165) is 12.0 Å². The van der Waals surface area contributed by atoms with Gasteiger partial charge in [0, 0.05) is 6.08 Å². The van der Waals surface area contributed by atoms with Gasteiger partial charge in [-0.1, -0.05) is 59.1 Å². The molecule has 0 aliphatic heterocycles. The van der Waals surface area contributed by atoms with E-state index in [1.807, 2.05) is 19.9 Å². The SMILES string of the molecule is CCOC(=O)C=C(C)C=CCC(C)CCCCC(C)(C)C. The van der Waals surface area contributed by atoms with Gasteiger partial charge in [0.05, 0.1) is 6.61 Å². The van der Waals surface area contributed by atoms with Gasteiger partial charge in [-0.2, -0.15) is 0 Å². The van der Waals surface area contributed by atoms with E-state index < -0.39 is 0 Å². The number of ether oxygens (including phenoxy) is 1. The van der Waals surface area contributed by atoms with Crippen LogP contribution in [0.25, 0.3) is 0 Å². The van der Waals surface area contributed by atoms with Crippen LogP contribution in [0.1, 0.15) is 73.6 Å². The molecule has 0 radical (unpaired) electrons. The van der Waals surface area contributed by atoms with Gasteiger partial charge in [0.2, 0.25) is 0 Å². The first-order valence-electron chi connectivity index (χ1n) is 8.26. The molecule has 2 nitrogen and oxygen atoms in total. The summed E-state index contributed by atoms with van der Waals surface area (Å²) in [4.78, 5) is 11.3. The molecule has 0 aliphatic rings. The Kier molecular flexibility index (Phi) is 10.1. The third kappa shape index (κ3) is 13.7. The zero-order valence-electron chi connectivity index (χ0n) is 14.9. The van der Waals surface area contributed by atoms with Crippen LogP contribution in [0.3, 0.4) is 0 Å². The second kappa shape index (κ2) is 10.6. The first-order valence-corrected chi connectivity index (χ1v) is 8.26. The maximum atomic E-state index is 11.3. The predicted molar refractivity (Wildman–Crippen MR) is 91.2 cm³/mol. The molecule has 0 N–H and O–H groups in total. The van der Waals surface area contributed by atoms with Crippen molar-refractivity contribution >= 4 is 5.97 Å². The maximum Gasteiger partial charge on any atom is 0.330 e. The van der Waals surface area contributed by atoms with Gasteiger partial charge in [-0.05, 0) is 43.6 Å². The summed E-state index contributed by atoms with van der Waals surface area (Å²) in [5.74, 6) is 0.450. The number of esters is 1. The average molecular weight is 294 g/mol. The van der Waals surface area contributed by atoms with Gasteiger partial charge in [0.25, 0.3) is 0 Å². The van der Waals surface area contributed by atoms with E-state index >= 15 is 0 Å². The molecule has 0 saturated carbocycles. The van der Waals surface area contributed by atoms with Crippen molar-refractivity contribution in [2.24, 2.45) is 11.3 Å². The van der Waals surface area contributed by atoms with Gasteiger partial charge < -0.3 is 4.74 Å². The Labute approximate surface area is 131 Å². The minimum absolute atomic E-state index is 0.255. The lowest BCUT2D eigenvalue weighted by molar-refractivity contribution is -0.137. The van der Waals surface area contributed by atoms with Crippen molar-refractivity contribution in [3.05, 3.63) is 23.8 Å². The Morgan fingerprint density at radius 3 is 2.48 bits per heavy atom. The highest BCUT2D eigenvalue weighted by Gasteiger charge is 2.09. The van der Waals surface area contributed by atoms with E-state index in [4.69, 9.17) is 4.74 Å². The molecule has 21 heavy (non-hydrogen) atoms. The molecule has 0 fully saturated rings. The number of carbonyl (C=O) groups excluding carboxylic acids is 1. The number of unbranched alkanes of at least 4 members (excludes halogenated alkanes) is 1. The number of allylic oxidation sites excluding steroid dienone is 3. The molecular formula is C19H34O2. The van der Waals surface area contributed by atoms with Gasteiger partial charge in [-0.3, -0.25) is 0 Å². The molecule has 1 atom stereocenters. The van der Waals surface area contributed by atoms with E-state index in [9.17, 15) is 4.79 Å². The number of rotatable bonds is 9. The minimum Gasteiger partial charge on any atom is -0.463 e. The van der Waals surface area contributed by atoms with Crippen molar-refractivity contribution in [2.75, 3.05) is 6.61 Å². The molecule has 0 spiro atoms. The molecule has 2 heteroatoms. The van der Waals surface area contributed by atoms with Gasteiger partial charge in [0.15, 0.2) is 0 Å². The highest BCUT2D eigenvalue weighted by molar-refractivity contribution is 5.83. The first kappa shape index (κ1) is 19.9. The average Bonchev–Trinajstić information content (AvgIpc) is 2.33. The van der Waals surface area contributed by atoms with Crippen LogP contribution in [0.4, 0.5) is 0 Å². The molecule has 0 saturated heterocycles. The van der Waals surface area contributed by atoms with Crippen LogP contribution in [0, 0.1) is 11.3 Å². The highest BCUT2D eigenvalue weighted by atomic mass is 16.5. The van der Waals surface area contributed by atoms with Gasteiger partial charge in [-0.15, -0.1) is 0 Å². The number of hydrogen-bond acceptors (Lipinski definition) is 2. The summed E-state index contributed by atoms with van der Waals surface area (Å²) in [7, 11) is 0. The molecule has 0 aliphatic carbocycles. The molecule has 1 unspecified atom stereocenters. The summed E-state index contributed by atoms with van der Waals surface area (Å²) < 4.78 is 4.88. The summed E-state index contributed by atoms with van der Waals surface area (Å²) >= 11 is 0. The third-order valence-electron chi connectivity index (χ3n) is 3.43. The smallest absolute Gasteiger partial charge is 0.330 e. The van der Waals surface area contributed by atoms with Gasteiger partial charge in [-0.25, -0.2) is 4.79 Å². The second-order valence-corrected chi connectivity index (χ2v) is 7.19. The predicted octanol–water partition coefficient (Wildman–Crippen LogP) is 5.68. The first-order chi connectivity index (χ1) is 9.74. The minimum atomic E-state index is -0.255. The van der Waals surface area contributed by atoms with Crippen LogP contribution < -0.4 is 0 Å². The molecule has 0 amide bonds. The van der Waals surface area contributed by atoms with Crippen molar-refractivity contribution in [2.45, 2.75) is 73.6 Å². The van der Waals surface area contributed by atoms with Crippen LogP contribution >= 0.6 is 0 Å². The zero-order valence-corrected chi connectivity index (χ0v) is 14.9. The lowest BCUT2D eigenvalue weighted by Crippen LogP contribution is -2.04. The Morgan fingerprint density at radius 1 is 1.24 bits per heavy atom. The maximum absolute atomic E-state index is 11.3. The lowest BCUT2D eigenvalue weighted by atomic mass is 9.88. The molecule has 0 rings (SSSR count). The fourth-order valence-electron chi connectivity index (χ4n) is 2.17. The van der Waals surface area contributed by atoms with E-state index in [2.05, 4.69) is 33.8 Å². The number of hydrogen-bond donors (Lipinski definition) is 0. The standard InChI is InChI=1S/C19H34O2/c1-7-21-18(20)15-17(3)13-10-12-16(2)11-8-9-14-19(4,5)6/h10,13,15-16H,7-9,11-12,14H2,1-6H3. The molecule has 0 heterocycles. The molecular weight excluding hydrogens is 260 g/mol. The van der Waals surface area contributed by atoms with E-state index in [1.165, 1.54) is 25.7 Å². The highest BCUT2D eigenvalue weighted by Crippen LogP contribution is 2.23. The zero-order chi connectivity index (χ0) is 16.3. The molecule has 0 bridgehead atoms. The number of carbonyl (C=O) groups is 1. The molecule has 0 aromatic rings. The second-order valence-electron chi connectivity index (χ2n) is 7.19. The van der Waals surface area contributed by atoms with Crippen LogP contribution in [0.5, 0.6) is 0 Å². The van der Waals surface area contributed by atoms with Crippen LogP contribution in [0.15, 0.2) is 23.8 Å². The topological polar surface area (TPSA) is 26.3 Å². The van der Waals surface area contributed by atoms with Crippen LogP contribution in [-0.4, -0.2) is 12.6 Å². The Balaban J connectivity index is 3.89. The normalized spacial score (nSPS) is 14.5. The fourth-order valence-corrected chi connectivity index (χ4v) is 2.17. The summed E-state index contributed by atoms with van der Waals surface area (Å²) in [6.45, 7) is 13.4. The van der Waals surface area contributed by atoms with Gasteiger partial charge >= 0.3 is 5.97 Å². The van der Waals surface area contributed by atoms with Crippen LogP contribution in [-0.2, 0) is 9.53 Å². The molecule has 122 valence electrons. The molecule has 0 aromatic carbocycles. The molecule has 0 aromatic heterocycles. The van der Waals surface area contributed by atoms with Crippen molar-refractivity contribution < 1.29 is 9.53 Å². The fraction of sp³-hybridized carbons (Fsp3) is 0.737. The summed E-state index contributed by atoms with van der Waals surface area (Å²) in [5, 5.41) is 0. The summed E-state index contributed by atoms with van der Waals surface area (Å²) in [5.41, 5.74) is 1.41. The van der Waals surface area contributed by atoms with Crippen molar-refractivity contribution in [3.63, 3.8) is 0 Å².